The molecule has 11 nitrogen and oxygen atoms in total. The van der Waals surface area contributed by atoms with Crippen LogP contribution in [0.15, 0.2) is 36.5 Å². The van der Waals surface area contributed by atoms with Crippen molar-refractivity contribution >= 4 is 45.0 Å². The van der Waals surface area contributed by atoms with Crippen LogP contribution in [0.5, 0.6) is 0 Å². The summed E-state index contributed by atoms with van der Waals surface area (Å²) in [5.41, 5.74) is 4.81. The maximum atomic E-state index is 13.0. The van der Waals surface area contributed by atoms with Gasteiger partial charge in [0.1, 0.15) is 22.5 Å². The van der Waals surface area contributed by atoms with Crippen molar-refractivity contribution in [1.29, 1.82) is 5.26 Å². The zero-order valence-electron chi connectivity index (χ0n) is 25.4. The van der Waals surface area contributed by atoms with Crippen LogP contribution in [-0.2, 0) is 0 Å². The van der Waals surface area contributed by atoms with Gasteiger partial charge in [-0.1, -0.05) is 41.2 Å². The molecular weight excluding hydrogens is 572 g/mol. The predicted octanol–water partition coefficient (Wildman–Crippen LogP) is 4.33. The van der Waals surface area contributed by atoms with Crippen LogP contribution in [0.2, 0.25) is 0 Å². The molecule has 3 saturated heterocycles. The summed E-state index contributed by atoms with van der Waals surface area (Å²) < 4.78 is 2.10. The zero-order valence-corrected chi connectivity index (χ0v) is 26.2. The van der Waals surface area contributed by atoms with Gasteiger partial charge in [-0.2, -0.15) is 10.4 Å². The molecule has 44 heavy (non-hydrogen) atoms. The van der Waals surface area contributed by atoms with Gasteiger partial charge in [0, 0.05) is 70.4 Å². The molecule has 226 valence electrons. The van der Waals surface area contributed by atoms with E-state index in [4.69, 9.17) is 15.1 Å². The van der Waals surface area contributed by atoms with Crippen LogP contribution in [0.3, 0.4) is 0 Å². The molecule has 1 saturated carbocycles. The molecule has 0 bridgehead atoms. The van der Waals surface area contributed by atoms with E-state index in [2.05, 4.69) is 57.6 Å². The van der Waals surface area contributed by atoms with Gasteiger partial charge in [-0.3, -0.25) is 0 Å². The zero-order chi connectivity index (χ0) is 30.2. The number of pyridine rings is 1. The number of piperazine rings is 1. The van der Waals surface area contributed by atoms with Crippen molar-refractivity contribution in [3.8, 4) is 17.3 Å². The highest BCUT2D eigenvalue weighted by Gasteiger charge is 2.54. The lowest BCUT2D eigenvalue weighted by molar-refractivity contribution is -0.00757. The van der Waals surface area contributed by atoms with Crippen LogP contribution in [0.4, 0.5) is 21.4 Å². The summed E-state index contributed by atoms with van der Waals surface area (Å²) in [4.78, 5) is 34.1. The van der Waals surface area contributed by atoms with Gasteiger partial charge in [0.15, 0.2) is 10.8 Å². The number of fused-ring (bicyclic) bond motifs is 1. The largest absolute Gasteiger partial charge is 0.369 e. The van der Waals surface area contributed by atoms with Crippen LogP contribution in [-0.4, -0.2) is 107 Å². The third-order valence-electron chi connectivity index (χ3n) is 9.57. The fourth-order valence-electron chi connectivity index (χ4n) is 6.81. The van der Waals surface area contributed by atoms with Crippen LogP contribution in [0.25, 0.3) is 22.3 Å². The fraction of sp³-hybridized carbons (Fsp3) is 0.469. The minimum absolute atomic E-state index is 0.177. The van der Waals surface area contributed by atoms with Crippen molar-refractivity contribution < 1.29 is 4.79 Å². The average molecular weight is 609 g/mol. The van der Waals surface area contributed by atoms with Crippen molar-refractivity contribution in [3.63, 3.8) is 0 Å². The Morgan fingerprint density at radius 2 is 1.80 bits per heavy atom. The van der Waals surface area contributed by atoms with Gasteiger partial charge in [0.25, 0.3) is 0 Å². The molecule has 4 fully saturated rings. The number of hydrogen-bond donors (Lipinski definition) is 0. The van der Waals surface area contributed by atoms with E-state index in [1.807, 2.05) is 35.2 Å². The number of amides is 2. The first-order valence-electron chi connectivity index (χ1n) is 15.4. The molecule has 1 spiro atoms. The predicted molar refractivity (Wildman–Crippen MR) is 172 cm³/mol. The lowest BCUT2D eigenvalue weighted by Gasteiger charge is -2.61. The summed E-state index contributed by atoms with van der Waals surface area (Å²) >= 11 is 1.41. The molecule has 12 heteroatoms. The SMILES string of the molecule is Cc1ccc(-c2nc(N(C)c3c4cc(N5CC6(CN(C(=O)N7CCN(C)CC7)C6)C5)cnc4nn3C3CC3)sc2C#N)cc1. The number of carbonyl (C=O) groups is 1. The van der Waals surface area contributed by atoms with E-state index in [9.17, 15) is 10.1 Å². The number of thiazole rings is 1. The lowest BCUT2D eigenvalue weighted by Crippen LogP contribution is -2.74. The van der Waals surface area contributed by atoms with Gasteiger partial charge in [0.2, 0.25) is 0 Å². The standard InChI is InChI=1S/C32H36N10OS/c1-21-4-6-22(7-5-21)27-26(15-33)44-30(35-27)38(3)29-25-14-24(16-34-28(25)36-42(29)23-8-9-23)40-17-32(18-40)19-41(20-32)31(43)39-12-10-37(2)11-13-39/h4-7,14,16,23H,8-13,17-20H2,1-3H3. The average Bonchev–Trinajstić information content (AvgIpc) is 3.63. The van der Waals surface area contributed by atoms with Gasteiger partial charge in [-0.05, 0) is 32.9 Å². The monoisotopic (exact) mass is 608 g/mol. The Hall–Kier alpha value is -4.21. The normalized spacial score (nSPS) is 19.6. The van der Waals surface area contributed by atoms with Crippen LogP contribution in [0.1, 0.15) is 29.3 Å². The summed E-state index contributed by atoms with van der Waals surface area (Å²) in [6.07, 6.45) is 4.12. The molecule has 4 aliphatic rings. The molecule has 3 aromatic heterocycles. The molecule has 8 rings (SSSR count). The number of likely N-dealkylation sites (N-methyl/N-ethyl adjacent to an activating group) is 1. The first kappa shape index (κ1) is 27.3. The summed E-state index contributed by atoms with van der Waals surface area (Å²) in [5.74, 6) is 0.966. The van der Waals surface area contributed by atoms with Crippen molar-refractivity contribution in [2.75, 3.05) is 76.3 Å². The van der Waals surface area contributed by atoms with Crippen molar-refractivity contribution in [2.45, 2.75) is 25.8 Å². The Kier molecular flexibility index (Phi) is 6.32. The molecule has 0 atom stereocenters. The summed E-state index contributed by atoms with van der Waals surface area (Å²) in [5, 5.41) is 16.6. The molecule has 4 aromatic rings. The van der Waals surface area contributed by atoms with Gasteiger partial charge in [0.05, 0.1) is 23.3 Å². The van der Waals surface area contributed by atoms with E-state index in [0.717, 1.165) is 98.4 Å². The highest BCUT2D eigenvalue weighted by molar-refractivity contribution is 7.16. The summed E-state index contributed by atoms with van der Waals surface area (Å²) in [6.45, 7) is 9.07. The van der Waals surface area contributed by atoms with Gasteiger partial charge < -0.3 is 24.5 Å². The van der Waals surface area contributed by atoms with E-state index in [-0.39, 0.29) is 11.4 Å². The molecule has 0 radical (unpaired) electrons. The fourth-order valence-corrected chi connectivity index (χ4v) is 7.66. The topological polar surface area (TPSA) is 101 Å². The number of benzene rings is 1. The second-order valence-corrected chi connectivity index (χ2v) is 14.0. The minimum atomic E-state index is 0.177. The quantitative estimate of drug-likeness (QED) is 0.330. The molecule has 0 N–H and O–H groups in total. The molecule has 3 aliphatic heterocycles. The summed E-state index contributed by atoms with van der Waals surface area (Å²) in [7, 11) is 4.12. The number of carbonyl (C=O) groups excluding carboxylic acids is 1. The molecule has 1 aliphatic carbocycles. The molecule has 2 amide bonds. The molecule has 0 unspecified atom stereocenters. The Labute approximate surface area is 260 Å². The Bertz CT molecular complexity index is 1780. The molecule has 1 aromatic carbocycles. The third kappa shape index (κ3) is 4.57. The number of anilines is 3. The lowest BCUT2D eigenvalue weighted by atomic mass is 9.72. The Morgan fingerprint density at radius 3 is 2.48 bits per heavy atom. The molecular formula is C32H36N10OS. The van der Waals surface area contributed by atoms with Gasteiger partial charge >= 0.3 is 6.03 Å². The number of nitriles is 1. The van der Waals surface area contributed by atoms with Crippen molar-refractivity contribution in [1.82, 2.24) is 34.4 Å². The maximum Gasteiger partial charge on any atom is 0.320 e. The van der Waals surface area contributed by atoms with Crippen LogP contribution >= 0.6 is 11.3 Å². The smallest absolute Gasteiger partial charge is 0.320 e. The minimum Gasteiger partial charge on any atom is -0.369 e. The van der Waals surface area contributed by atoms with Crippen LogP contribution < -0.4 is 9.80 Å². The van der Waals surface area contributed by atoms with Gasteiger partial charge in [-0.25, -0.2) is 19.4 Å². The summed E-state index contributed by atoms with van der Waals surface area (Å²) in [6, 6.07) is 13.3. The number of nitrogens with zero attached hydrogens (tertiary/aromatic N) is 10. The van der Waals surface area contributed by atoms with Crippen molar-refractivity contribution in [3.05, 3.63) is 47.0 Å². The second-order valence-electron chi connectivity index (χ2n) is 13.1. The van der Waals surface area contributed by atoms with Crippen molar-refractivity contribution in [2.24, 2.45) is 5.41 Å². The van der Waals surface area contributed by atoms with E-state index in [1.54, 1.807) is 0 Å². The third-order valence-corrected chi connectivity index (χ3v) is 10.6. The first-order valence-corrected chi connectivity index (χ1v) is 16.2. The second kappa shape index (κ2) is 10.2. The van der Waals surface area contributed by atoms with E-state index in [1.165, 1.54) is 16.9 Å². The number of likely N-dealkylation sites (tertiary alicyclic amines) is 1. The highest BCUT2D eigenvalue weighted by atomic mass is 32.1. The first-order chi connectivity index (χ1) is 21.3. The van der Waals surface area contributed by atoms with E-state index >= 15 is 0 Å². The Morgan fingerprint density at radius 1 is 1.07 bits per heavy atom. The number of rotatable bonds is 5. The number of urea groups is 1. The molecule has 6 heterocycles. The number of aryl methyl sites for hydroxylation is 1. The highest BCUT2D eigenvalue weighted by Crippen LogP contribution is 2.46. The van der Waals surface area contributed by atoms with Crippen LogP contribution in [0, 0.1) is 23.7 Å². The van der Waals surface area contributed by atoms with E-state index in [0.29, 0.717) is 16.6 Å². The number of aromatic nitrogens is 4. The Balaban J connectivity index is 1.03. The maximum absolute atomic E-state index is 13.0. The number of hydrogen-bond acceptors (Lipinski definition) is 9. The van der Waals surface area contributed by atoms with Gasteiger partial charge in [-0.15, -0.1) is 0 Å². The van der Waals surface area contributed by atoms with E-state index < -0.39 is 0 Å².